The van der Waals surface area contributed by atoms with E-state index < -0.39 is 0 Å². The van der Waals surface area contributed by atoms with E-state index >= 15 is 0 Å². The van der Waals surface area contributed by atoms with Crippen LogP contribution in [0, 0.1) is 0 Å². The Balaban J connectivity index is 2.48. The van der Waals surface area contributed by atoms with Crippen LogP contribution in [0.25, 0.3) is 0 Å². The molecule has 0 unspecified atom stereocenters. The van der Waals surface area contributed by atoms with Crippen molar-refractivity contribution in [2.75, 3.05) is 12.3 Å². The summed E-state index contributed by atoms with van der Waals surface area (Å²) < 4.78 is 0.782. The van der Waals surface area contributed by atoms with Crippen molar-refractivity contribution in [3.8, 4) is 0 Å². The molecule has 0 aliphatic rings. The van der Waals surface area contributed by atoms with Gasteiger partial charge in [-0.1, -0.05) is 15.9 Å². The number of hydrogen-bond acceptors (Lipinski definition) is 3. The van der Waals surface area contributed by atoms with Crippen LogP contribution in [0.15, 0.2) is 22.7 Å². The number of amides is 2. The normalized spacial score (nSPS) is 10.3. The Morgan fingerprint density at radius 1 is 1.37 bits per heavy atom. The van der Waals surface area contributed by atoms with Crippen molar-refractivity contribution in [2.24, 2.45) is 0 Å². The predicted octanol–water partition coefficient (Wildman–Crippen LogP) is 1.68. The van der Waals surface area contributed by atoms with Crippen LogP contribution in [0.3, 0.4) is 0 Å². The van der Waals surface area contributed by atoms with E-state index in [0.29, 0.717) is 11.3 Å². The lowest BCUT2D eigenvalue weighted by molar-refractivity contribution is -0.121. The van der Waals surface area contributed by atoms with E-state index in [1.54, 1.807) is 18.2 Å². The van der Waals surface area contributed by atoms with Crippen LogP contribution in [0.5, 0.6) is 0 Å². The summed E-state index contributed by atoms with van der Waals surface area (Å²) in [6.07, 6.45) is 0.248. The summed E-state index contributed by atoms with van der Waals surface area (Å²) in [7, 11) is 0. The molecule has 0 heterocycles. The largest absolute Gasteiger partial charge is 0.398 e. The molecular weight excluding hydrogens is 310 g/mol. The van der Waals surface area contributed by atoms with E-state index in [2.05, 4.69) is 26.6 Å². The fourth-order valence-electron chi connectivity index (χ4n) is 1.50. The highest BCUT2D eigenvalue weighted by Gasteiger charge is 2.10. The highest BCUT2D eigenvalue weighted by atomic mass is 79.9. The smallest absolute Gasteiger partial charge is 0.253 e. The minimum Gasteiger partial charge on any atom is -0.398 e. The molecule has 0 saturated heterocycles. The van der Waals surface area contributed by atoms with Crippen LogP contribution in [0.4, 0.5) is 5.69 Å². The third-order valence-electron chi connectivity index (χ3n) is 2.35. The Morgan fingerprint density at radius 3 is 2.68 bits per heavy atom. The number of carbonyl (C=O) groups excluding carboxylic acids is 2. The molecule has 0 aromatic heterocycles. The first-order valence-corrected chi connectivity index (χ1v) is 6.82. The molecular formula is C13H18BrN3O2. The second kappa shape index (κ2) is 7.13. The monoisotopic (exact) mass is 327 g/mol. The van der Waals surface area contributed by atoms with Crippen LogP contribution in [-0.2, 0) is 4.79 Å². The van der Waals surface area contributed by atoms with E-state index in [4.69, 9.17) is 5.73 Å². The molecule has 0 radical (unpaired) electrons. The molecule has 4 N–H and O–H groups in total. The molecule has 1 rings (SSSR count). The Kier molecular flexibility index (Phi) is 5.82. The van der Waals surface area contributed by atoms with Crippen molar-refractivity contribution in [3.05, 3.63) is 28.2 Å². The third kappa shape index (κ3) is 5.30. The zero-order chi connectivity index (χ0) is 14.4. The standard InChI is InChI=1S/C13H18BrN3O2/c1-8(2)17-12(18)5-6-16-13(19)10-7-9(14)3-4-11(10)15/h3-4,7-8H,5-6,15H2,1-2H3,(H,16,19)(H,17,18). The summed E-state index contributed by atoms with van der Waals surface area (Å²) in [4.78, 5) is 23.3. The SMILES string of the molecule is CC(C)NC(=O)CCNC(=O)c1cc(Br)ccc1N. The topological polar surface area (TPSA) is 84.2 Å². The van der Waals surface area contributed by atoms with Crippen molar-refractivity contribution < 1.29 is 9.59 Å². The number of rotatable bonds is 5. The van der Waals surface area contributed by atoms with Gasteiger partial charge < -0.3 is 16.4 Å². The number of anilines is 1. The molecule has 0 saturated carbocycles. The predicted molar refractivity (Wildman–Crippen MR) is 78.8 cm³/mol. The molecule has 1 aromatic rings. The first-order chi connectivity index (χ1) is 8.90. The zero-order valence-corrected chi connectivity index (χ0v) is 12.6. The van der Waals surface area contributed by atoms with Crippen LogP contribution in [0.1, 0.15) is 30.6 Å². The van der Waals surface area contributed by atoms with Crippen molar-refractivity contribution >= 4 is 33.4 Å². The van der Waals surface area contributed by atoms with Gasteiger partial charge in [0.15, 0.2) is 0 Å². The molecule has 5 nitrogen and oxygen atoms in total. The van der Waals surface area contributed by atoms with Gasteiger partial charge in [0.2, 0.25) is 5.91 Å². The zero-order valence-electron chi connectivity index (χ0n) is 11.0. The fourth-order valence-corrected chi connectivity index (χ4v) is 1.87. The molecule has 0 aliphatic carbocycles. The van der Waals surface area contributed by atoms with Gasteiger partial charge in [-0.15, -0.1) is 0 Å². The van der Waals surface area contributed by atoms with Crippen molar-refractivity contribution in [2.45, 2.75) is 26.3 Å². The van der Waals surface area contributed by atoms with Gasteiger partial charge in [0.25, 0.3) is 5.91 Å². The quantitative estimate of drug-likeness (QED) is 0.719. The summed E-state index contributed by atoms with van der Waals surface area (Å²) in [6, 6.07) is 5.18. The first-order valence-electron chi connectivity index (χ1n) is 6.02. The molecule has 1 aromatic carbocycles. The van der Waals surface area contributed by atoms with Crippen molar-refractivity contribution in [1.82, 2.24) is 10.6 Å². The van der Waals surface area contributed by atoms with E-state index in [-0.39, 0.29) is 30.8 Å². The number of nitrogens with two attached hydrogens (primary N) is 1. The molecule has 6 heteroatoms. The fraction of sp³-hybridized carbons (Fsp3) is 0.385. The minimum absolute atomic E-state index is 0.0856. The molecule has 0 bridgehead atoms. The third-order valence-corrected chi connectivity index (χ3v) is 2.84. The summed E-state index contributed by atoms with van der Waals surface area (Å²) in [5, 5.41) is 5.42. The van der Waals surface area contributed by atoms with Gasteiger partial charge in [0.05, 0.1) is 5.56 Å². The molecule has 0 spiro atoms. The van der Waals surface area contributed by atoms with E-state index in [1.165, 1.54) is 0 Å². The van der Waals surface area contributed by atoms with E-state index in [1.807, 2.05) is 13.8 Å². The molecule has 104 valence electrons. The average molecular weight is 328 g/mol. The maximum atomic E-state index is 11.9. The number of halogens is 1. The highest BCUT2D eigenvalue weighted by Crippen LogP contribution is 2.18. The Morgan fingerprint density at radius 2 is 2.05 bits per heavy atom. The molecule has 0 fully saturated rings. The molecule has 0 atom stereocenters. The maximum Gasteiger partial charge on any atom is 0.253 e. The molecule has 2 amide bonds. The van der Waals surface area contributed by atoms with Crippen LogP contribution >= 0.6 is 15.9 Å². The molecule has 19 heavy (non-hydrogen) atoms. The average Bonchev–Trinajstić information content (AvgIpc) is 2.31. The molecule has 0 aliphatic heterocycles. The van der Waals surface area contributed by atoms with Crippen LogP contribution in [-0.4, -0.2) is 24.4 Å². The van der Waals surface area contributed by atoms with Crippen molar-refractivity contribution in [3.63, 3.8) is 0 Å². The van der Waals surface area contributed by atoms with Crippen LogP contribution in [0.2, 0.25) is 0 Å². The summed E-state index contributed by atoms with van der Waals surface area (Å²) in [5.74, 6) is -0.367. The Bertz CT molecular complexity index is 475. The van der Waals surface area contributed by atoms with E-state index in [9.17, 15) is 9.59 Å². The van der Waals surface area contributed by atoms with Crippen LogP contribution < -0.4 is 16.4 Å². The summed E-state index contributed by atoms with van der Waals surface area (Å²) in [5.41, 5.74) is 6.54. The van der Waals surface area contributed by atoms with Gasteiger partial charge in [-0.3, -0.25) is 9.59 Å². The number of benzene rings is 1. The Labute approximate surface area is 121 Å². The van der Waals surface area contributed by atoms with Gasteiger partial charge in [0, 0.05) is 29.2 Å². The lowest BCUT2D eigenvalue weighted by atomic mass is 10.1. The number of carbonyl (C=O) groups is 2. The van der Waals surface area contributed by atoms with E-state index in [0.717, 1.165) is 4.47 Å². The van der Waals surface area contributed by atoms with Gasteiger partial charge >= 0.3 is 0 Å². The number of hydrogen-bond donors (Lipinski definition) is 3. The van der Waals surface area contributed by atoms with Gasteiger partial charge in [-0.05, 0) is 32.0 Å². The minimum atomic E-state index is -0.281. The first kappa shape index (κ1) is 15.5. The Hall–Kier alpha value is -1.56. The second-order valence-electron chi connectivity index (χ2n) is 4.46. The number of nitrogens with one attached hydrogen (secondary N) is 2. The van der Waals surface area contributed by atoms with Gasteiger partial charge in [0.1, 0.15) is 0 Å². The lowest BCUT2D eigenvalue weighted by Crippen LogP contribution is -2.34. The van der Waals surface area contributed by atoms with Gasteiger partial charge in [-0.2, -0.15) is 0 Å². The lowest BCUT2D eigenvalue weighted by Gasteiger charge is -2.10. The van der Waals surface area contributed by atoms with Crippen molar-refractivity contribution in [1.29, 1.82) is 0 Å². The van der Waals surface area contributed by atoms with Gasteiger partial charge in [-0.25, -0.2) is 0 Å². The number of nitrogen functional groups attached to an aromatic ring is 1. The summed E-state index contributed by atoms with van der Waals surface area (Å²) >= 11 is 3.28. The summed E-state index contributed by atoms with van der Waals surface area (Å²) in [6.45, 7) is 4.06. The highest BCUT2D eigenvalue weighted by molar-refractivity contribution is 9.10. The second-order valence-corrected chi connectivity index (χ2v) is 5.38. The maximum absolute atomic E-state index is 11.9.